The maximum atomic E-state index is 14.5. The maximum absolute atomic E-state index is 14.5. The highest BCUT2D eigenvalue weighted by molar-refractivity contribution is 6.05. The van der Waals surface area contributed by atoms with Gasteiger partial charge in [0.25, 0.3) is 5.91 Å². The van der Waals surface area contributed by atoms with Gasteiger partial charge in [-0.1, -0.05) is 12.1 Å². The number of carbonyl (C=O) groups excluding carboxylic acids is 1. The largest absolute Gasteiger partial charge is 0.489 e. The predicted octanol–water partition coefficient (Wildman–Crippen LogP) is 5.40. The first-order chi connectivity index (χ1) is 18.1. The van der Waals surface area contributed by atoms with E-state index < -0.39 is 23.1 Å². The number of anilines is 2. The molecule has 0 saturated heterocycles. The van der Waals surface area contributed by atoms with Gasteiger partial charge in [0.05, 0.1) is 23.3 Å². The monoisotopic (exact) mass is 518 g/mol. The SMILES string of the molecule is Cc1ccc2c(c1)N(C)C[C@@H](COc1ccc(C(=O)Nc3cc(C4(C(=O)O)CC4)ccc3F)c(C)c1C)O2. The first-order valence-electron chi connectivity index (χ1n) is 12.7. The van der Waals surface area contributed by atoms with Crippen molar-refractivity contribution in [1.82, 2.24) is 0 Å². The van der Waals surface area contributed by atoms with Crippen LogP contribution in [0.25, 0.3) is 0 Å². The summed E-state index contributed by atoms with van der Waals surface area (Å²) >= 11 is 0. The molecule has 7 nitrogen and oxygen atoms in total. The third-order valence-corrected chi connectivity index (χ3v) is 7.63. The molecule has 3 aromatic rings. The zero-order valence-corrected chi connectivity index (χ0v) is 21.9. The van der Waals surface area contributed by atoms with Gasteiger partial charge in [0.2, 0.25) is 0 Å². The molecule has 8 heteroatoms. The Balaban J connectivity index is 1.28. The van der Waals surface area contributed by atoms with Crippen LogP contribution in [-0.4, -0.2) is 43.3 Å². The van der Waals surface area contributed by atoms with E-state index in [1.807, 2.05) is 33.0 Å². The molecule has 0 radical (unpaired) electrons. The number of carboxylic acids is 1. The lowest BCUT2D eigenvalue weighted by atomic mass is 9.95. The normalized spacial score (nSPS) is 17.3. The minimum atomic E-state index is -0.990. The zero-order valence-electron chi connectivity index (χ0n) is 21.9. The number of fused-ring (bicyclic) bond motifs is 1. The minimum Gasteiger partial charge on any atom is -0.489 e. The van der Waals surface area contributed by atoms with Crippen LogP contribution in [0, 0.1) is 26.6 Å². The number of aliphatic carboxylic acids is 1. The van der Waals surface area contributed by atoms with Crippen LogP contribution in [0.3, 0.4) is 0 Å². The Kier molecular flexibility index (Phi) is 6.51. The molecule has 3 aromatic carbocycles. The smallest absolute Gasteiger partial charge is 0.314 e. The number of aryl methyl sites for hydroxylation is 1. The molecule has 198 valence electrons. The van der Waals surface area contributed by atoms with E-state index in [4.69, 9.17) is 9.47 Å². The van der Waals surface area contributed by atoms with Gasteiger partial charge in [0, 0.05) is 12.6 Å². The van der Waals surface area contributed by atoms with Crippen molar-refractivity contribution in [3.05, 3.63) is 82.2 Å². The fourth-order valence-corrected chi connectivity index (χ4v) is 4.97. The second-order valence-corrected chi connectivity index (χ2v) is 10.3. The molecule has 1 atom stereocenters. The van der Waals surface area contributed by atoms with E-state index in [1.54, 1.807) is 12.1 Å². The lowest BCUT2D eigenvalue weighted by molar-refractivity contribution is -0.140. The predicted molar refractivity (Wildman–Crippen MR) is 143 cm³/mol. The van der Waals surface area contributed by atoms with Gasteiger partial charge in [-0.15, -0.1) is 0 Å². The summed E-state index contributed by atoms with van der Waals surface area (Å²) < 4.78 is 26.8. The maximum Gasteiger partial charge on any atom is 0.314 e. The lowest BCUT2D eigenvalue weighted by Crippen LogP contribution is -2.41. The van der Waals surface area contributed by atoms with Crippen molar-refractivity contribution in [2.75, 3.05) is 30.4 Å². The number of halogens is 1. The molecule has 0 spiro atoms. The summed E-state index contributed by atoms with van der Waals surface area (Å²) in [5.74, 6) is -0.562. The Morgan fingerprint density at radius 2 is 1.87 bits per heavy atom. The van der Waals surface area contributed by atoms with Crippen LogP contribution < -0.4 is 19.7 Å². The summed E-state index contributed by atoms with van der Waals surface area (Å²) in [7, 11) is 2.03. The number of hydrogen-bond acceptors (Lipinski definition) is 5. The molecule has 1 saturated carbocycles. The van der Waals surface area contributed by atoms with Crippen LogP contribution in [0.5, 0.6) is 11.5 Å². The summed E-state index contributed by atoms with van der Waals surface area (Å²) in [6.45, 7) is 6.76. The number of nitrogens with zero attached hydrogens (tertiary/aromatic N) is 1. The van der Waals surface area contributed by atoms with Gasteiger partial charge >= 0.3 is 5.97 Å². The van der Waals surface area contributed by atoms with Gasteiger partial charge in [0.1, 0.15) is 30.0 Å². The first kappa shape index (κ1) is 25.6. The average Bonchev–Trinajstić information content (AvgIpc) is 3.69. The van der Waals surface area contributed by atoms with Crippen LogP contribution >= 0.6 is 0 Å². The third-order valence-electron chi connectivity index (χ3n) is 7.63. The molecule has 0 aromatic heterocycles. The van der Waals surface area contributed by atoms with Crippen molar-refractivity contribution in [2.24, 2.45) is 0 Å². The van der Waals surface area contributed by atoms with E-state index in [1.165, 1.54) is 23.8 Å². The number of carbonyl (C=O) groups is 2. The molecule has 5 rings (SSSR count). The van der Waals surface area contributed by atoms with Crippen molar-refractivity contribution in [1.29, 1.82) is 0 Å². The van der Waals surface area contributed by atoms with Gasteiger partial charge in [-0.2, -0.15) is 0 Å². The second-order valence-electron chi connectivity index (χ2n) is 10.3. The average molecular weight is 519 g/mol. The molecule has 2 aliphatic rings. The summed E-state index contributed by atoms with van der Waals surface area (Å²) in [6, 6.07) is 13.6. The lowest BCUT2D eigenvalue weighted by Gasteiger charge is -2.34. The highest BCUT2D eigenvalue weighted by Gasteiger charge is 2.51. The van der Waals surface area contributed by atoms with E-state index in [-0.39, 0.29) is 11.8 Å². The number of ether oxygens (including phenoxy) is 2. The van der Waals surface area contributed by atoms with Gasteiger partial charge in [0.15, 0.2) is 0 Å². The van der Waals surface area contributed by atoms with Crippen molar-refractivity contribution in [3.8, 4) is 11.5 Å². The fraction of sp³-hybridized carbons (Fsp3) is 0.333. The molecule has 1 aliphatic carbocycles. The number of rotatable bonds is 7. The number of hydrogen-bond donors (Lipinski definition) is 2. The standard InChI is InChI=1S/C30H31FN2O5/c1-17-5-9-27-25(13-17)33(4)15-21(38-27)16-37-26-10-7-22(18(2)19(26)3)28(34)32-24-14-20(6-8-23(24)31)30(11-12-30)29(35)36/h5-10,13-14,21H,11-12,15-16H2,1-4H3,(H,32,34)(H,35,36)/t21-/m0/s1. The Morgan fingerprint density at radius 3 is 2.58 bits per heavy atom. The van der Waals surface area contributed by atoms with Gasteiger partial charge < -0.3 is 24.8 Å². The summed E-state index contributed by atoms with van der Waals surface area (Å²) in [5, 5.41) is 12.2. The molecule has 38 heavy (non-hydrogen) atoms. The molecule has 0 unspecified atom stereocenters. The summed E-state index contributed by atoms with van der Waals surface area (Å²) in [5.41, 5.74) is 3.59. The number of carboxylic acid groups (broad SMARTS) is 1. The molecule has 2 N–H and O–H groups in total. The van der Waals surface area contributed by atoms with Crippen LogP contribution in [0.1, 0.15) is 45.5 Å². The van der Waals surface area contributed by atoms with Crippen molar-refractivity contribution < 1.29 is 28.6 Å². The van der Waals surface area contributed by atoms with E-state index >= 15 is 0 Å². The second kappa shape index (κ2) is 9.67. The molecular formula is C30H31FN2O5. The van der Waals surface area contributed by atoms with Crippen LogP contribution in [-0.2, 0) is 10.2 Å². The quantitative estimate of drug-likeness (QED) is 0.436. The minimum absolute atomic E-state index is 0.0357. The molecule has 1 amide bonds. The van der Waals surface area contributed by atoms with E-state index in [9.17, 15) is 19.1 Å². The van der Waals surface area contributed by atoms with Crippen LogP contribution in [0.4, 0.5) is 15.8 Å². The highest BCUT2D eigenvalue weighted by Crippen LogP contribution is 2.49. The Bertz CT molecular complexity index is 1430. The van der Waals surface area contributed by atoms with Gasteiger partial charge in [-0.25, -0.2) is 4.39 Å². The highest BCUT2D eigenvalue weighted by atomic mass is 19.1. The number of likely N-dealkylation sites (N-methyl/N-ethyl adjacent to an activating group) is 1. The molecular weight excluding hydrogens is 487 g/mol. The Morgan fingerprint density at radius 1 is 1.11 bits per heavy atom. The van der Waals surface area contributed by atoms with Gasteiger partial charge in [-0.05, 0) is 92.3 Å². The van der Waals surface area contributed by atoms with E-state index in [2.05, 4.69) is 23.2 Å². The fourth-order valence-electron chi connectivity index (χ4n) is 4.97. The molecule has 1 aliphatic heterocycles. The molecule has 0 bridgehead atoms. The van der Waals surface area contributed by atoms with Gasteiger partial charge in [-0.3, -0.25) is 9.59 Å². The van der Waals surface area contributed by atoms with Crippen molar-refractivity contribution in [3.63, 3.8) is 0 Å². The van der Waals surface area contributed by atoms with Crippen LogP contribution in [0.15, 0.2) is 48.5 Å². The van der Waals surface area contributed by atoms with E-state index in [0.717, 1.165) is 17.0 Å². The van der Waals surface area contributed by atoms with E-state index in [0.29, 0.717) is 48.4 Å². The number of amides is 1. The van der Waals surface area contributed by atoms with Crippen molar-refractivity contribution >= 4 is 23.3 Å². The number of nitrogens with one attached hydrogen (secondary N) is 1. The molecule has 1 fully saturated rings. The van der Waals surface area contributed by atoms with Crippen LogP contribution in [0.2, 0.25) is 0 Å². The first-order valence-corrected chi connectivity index (χ1v) is 12.7. The number of benzene rings is 3. The Hall–Kier alpha value is -4.07. The summed E-state index contributed by atoms with van der Waals surface area (Å²) in [6.07, 6.45) is 0.832. The Labute approximate surface area is 221 Å². The third kappa shape index (κ3) is 4.66. The molecule has 1 heterocycles. The van der Waals surface area contributed by atoms with Crippen molar-refractivity contribution in [2.45, 2.75) is 45.1 Å². The topological polar surface area (TPSA) is 88.1 Å². The summed E-state index contributed by atoms with van der Waals surface area (Å²) in [4.78, 5) is 26.9. The zero-order chi connectivity index (χ0) is 27.2.